The number of hydrogen-bond acceptors (Lipinski definition) is 4. The summed E-state index contributed by atoms with van der Waals surface area (Å²) in [6.45, 7) is 1.36. The van der Waals surface area contributed by atoms with Crippen molar-refractivity contribution in [3.05, 3.63) is 60.2 Å². The SMILES string of the molecule is CN(Cc1ccccn1)C(CN)c1ccncc1. The van der Waals surface area contributed by atoms with E-state index in [0.717, 1.165) is 12.2 Å². The molecule has 4 nitrogen and oxygen atoms in total. The van der Waals surface area contributed by atoms with Gasteiger partial charge in [0.15, 0.2) is 0 Å². The van der Waals surface area contributed by atoms with Crippen LogP contribution in [0.2, 0.25) is 0 Å². The van der Waals surface area contributed by atoms with Crippen molar-refractivity contribution in [3.63, 3.8) is 0 Å². The summed E-state index contributed by atoms with van der Waals surface area (Å²) in [6, 6.07) is 10.2. The Morgan fingerprint density at radius 3 is 2.56 bits per heavy atom. The van der Waals surface area contributed by atoms with Gasteiger partial charge in [-0.1, -0.05) is 6.07 Å². The molecule has 18 heavy (non-hydrogen) atoms. The summed E-state index contributed by atoms with van der Waals surface area (Å²) < 4.78 is 0. The maximum Gasteiger partial charge on any atom is 0.0544 e. The van der Waals surface area contributed by atoms with Crippen molar-refractivity contribution < 1.29 is 0 Å². The quantitative estimate of drug-likeness (QED) is 0.865. The van der Waals surface area contributed by atoms with Crippen LogP contribution in [-0.4, -0.2) is 28.5 Å². The van der Waals surface area contributed by atoms with Gasteiger partial charge in [0.25, 0.3) is 0 Å². The van der Waals surface area contributed by atoms with Gasteiger partial charge in [0.2, 0.25) is 0 Å². The van der Waals surface area contributed by atoms with Crippen LogP contribution < -0.4 is 5.73 Å². The molecule has 1 unspecified atom stereocenters. The Labute approximate surface area is 107 Å². The first-order valence-electron chi connectivity index (χ1n) is 6.01. The molecule has 94 valence electrons. The molecule has 0 aliphatic carbocycles. The standard InChI is InChI=1S/C14H18N4/c1-18(11-13-4-2-3-7-17-13)14(10-15)12-5-8-16-9-6-12/h2-9,14H,10-11,15H2,1H3. The second-order valence-electron chi connectivity index (χ2n) is 4.27. The molecule has 0 spiro atoms. The van der Waals surface area contributed by atoms with Crippen LogP contribution in [-0.2, 0) is 6.54 Å². The van der Waals surface area contributed by atoms with E-state index in [9.17, 15) is 0 Å². The average Bonchev–Trinajstić information content (AvgIpc) is 2.42. The second kappa shape index (κ2) is 6.23. The van der Waals surface area contributed by atoms with Crippen molar-refractivity contribution >= 4 is 0 Å². The highest BCUT2D eigenvalue weighted by molar-refractivity contribution is 5.16. The number of pyridine rings is 2. The van der Waals surface area contributed by atoms with Crippen molar-refractivity contribution in [1.29, 1.82) is 0 Å². The van der Waals surface area contributed by atoms with E-state index in [1.807, 2.05) is 36.5 Å². The highest BCUT2D eigenvalue weighted by Crippen LogP contribution is 2.18. The Morgan fingerprint density at radius 1 is 1.17 bits per heavy atom. The first-order chi connectivity index (χ1) is 8.81. The van der Waals surface area contributed by atoms with Crippen LogP contribution in [0.3, 0.4) is 0 Å². The Balaban J connectivity index is 2.09. The molecule has 2 N–H and O–H groups in total. The van der Waals surface area contributed by atoms with Gasteiger partial charge in [-0.3, -0.25) is 14.9 Å². The molecule has 0 saturated heterocycles. The summed E-state index contributed by atoms with van der Waals surface area (Å²) in [5.74, 6) is 0. The summed E-state index contributed by atoms with van der Waals surface area (Å²) in [6.07, 6.45) is 5.41. The van der Waals surface area contributed by atoms with Crippen molar-refractivity contribution in [1.82, 2.24) is 14.9 Å². The van der Waals surface area contributed by atoms with Gasteiger partial charge in [-0.05, 0) is 36.9 Å². The zero-order valence-corrected chi connectivity index (χ0v) is 10.5. The van der Waals surface area contributed by atoms with Gasteiger partial charge in [-0.2, -0.15) is 0 Å². The Hall–Kier alpha value is -1.78. The van der Waals surface area contributed by atoms with E-state index in [0.29, 0.717) is 6.54 Å². The minimum atomic E-state index is 0.190. The highest BCUT2D eigenvalue weighted by atomic mass is 15.1. The molecule has 0 aliphatic rings. The van der Waals surface area contributed by atoms with Crippen molar-refractivity contribution in [2.45, 2.75) is 12.6 Å². The molecule has 2 heterocycles. The molecule has 2 aromatic rings. The third-order valence-electron chi connectivity index (χ3n) is 2.98. The van der Waals surface area contributed by atoms with Gasteiger partial charge in [-0.15, -0.1) is 0 Å². The highest BCUT2D eigenvalue weighted by Gasteiger charge is 2.15. The molecule has 2 rings (SSSR count). The molecular formula is C14H18N4. The van der Waals surface area contributed by atoms with Crippen LogP contribution in [0.1, 0.15) is 17.3 Å². The first kappa shape index (κ1) is 12.7. The van der Waals surface area contributed by atoms with E-state index < -0.39 is 0 Å². The van der Waals surface area contributed by atoms with Gasteiger partial charge in [0.1, 0.15) is 0 Å². The van der Waals surface area contributed by atoms with E-state index in [1.54, 1.807) is 12.4 Å². The van der Waals surface area contributed by atoms with Crippen LogP contribution in [0.25, 0.3) is 0 Å². The molecule has 1 atom stereocenters. The van der Waals surface area contributed by atoms with E-state index in [-0.39, 0.29) is 6.04 Å². The predicted molar refractivity (Wildman–Crippen MR) is 71.7 cm³/mol. The van der Waals surface area contributed by atoms with Crippen molar-refractivity contribution in [2.24, 2.45) is 5.73 Å². The number of nitrogens with zero attached hydrogens (tertiary/aromatic N) is 3. The lowest BCUT2D eigenvalue weighted by Gasteiger charge is -2.26. The van der Waals surface area contributed by atoms with Crippen LogP contribution in [0, 0.1) is 0 Å². The summed E-state index contributed by atoms with van der Waals surface area (Å²) in [7, 11) is 2.06. The molecule has 0 aliphatic heterocycles. The number of likely N-dealkylation sites (N-methyl/N-ethyl adjacent to an activating group) is 1. The maximum absolute atomic E-state index is 5.88. The lowest BCUT2D eigenvalue weighted by atomic mass is 10.1. The van der Waals surface area contributed by atoms with E-state index >= 15 is 0 Å². The first-order valence-corrected chi connectivity index (χ1v) is 6.01. The third kappa shape index (κ3) is 3.12. The summed E-state index contributed by atoms with van der Waals surface area (Å²) in [5, 5.41) is 0. The number of nitrogens with two attached hydrogens (primary N) is 1. The average molecular weight is 242 g/mol. The fourth-order valence-corrected chi connectivity index (χ4v) is 2.01. The Kier molecular flexibility index (Phi) is 4.39. The predicted octanol–water partition coefficient (Wildman–Crippen LogP) is 1.61. The number of rotatable bonds is 5. The molecule has 2 aromatic heterocycles. The number of aromatic nitrogens is 2. The monoisotopic (exact) mass is 242 g/mol. The largest absolute Gasteiger partial charge is 0.329 e. The van der Waals surface area contributed by atoms with Crippen LogP contribution in [0.15, 0.2) is 48.9 Å². The van der Waals surface area contributed by atoms with E-state index in [1.165, 1.54) is 5.56 Å². The zero-order valence-electron chi connectivity index (χ0n) is 10.5. The van der Waals surface area contributed by atoms with Gasteiger partial charge in [0, 0.05) is 37.7 Å². The smallest absolute Gasteiger partial charge is 0.0544 e. The van der Waals surface area contributed by atoms with Gasteiger partial charge in [-0.25, -0.2) is 0 Å². The van der Waals surface area contributed by atoms with E-state index in [4.69, 9.17) is 5.73 Å². The van der Waals surface area contributed by atoms with Crippen LogP contribution >= 0.6 is 0 Å². The van der Waals surface area contributed by atoms with E-state index in [2.05, 4.69) is 21.9 Å². The molecule has 0 fully saturated rings. The second-order valence-corrected chi connectivity index (χ2v) is 4.27. The minimum Gasteiger partial charge on any atom is -0.329 e. The maximum atomic E-state index is 5.88. The fraction of sp³-hybridized carbons (Fsp3) is 0.286. The van der Waals surface area contributed by atoms with Crippen LogP contribution in [0.4, 0.5) is 0 Å². The molecule has 0 aromatic carbocycles. The molecule has 0 bridgehead atoms. The van der Waals surface area contributed by atoms with Gasteiger partial charge >= 0.3 is 0 Å². The van der Waals surface area contributed by atoms with Gasteiger partial charge < -0.3 is 5.73 Å². The number of hydrogen-bond donors (Lipinski definition) is 1. The Bertz CT molecular complexity index is 458. The molecule has 4 heteroatoms. The van der Waals surface area contributed by atoms with Crippen molar-refractivity contribution in [3.8, 4) is 0 Å². The zero-order chi connectivity index (χ0) is 12.8. The lowest BCUT2D eigenvalue weighted by Crippen LogP contribution is -2.30. The summed E-state index contributed by atoms with van der Waals surface area (Å²) in [4.78, 5) is 10.6. The Morgan fingerprint density at radius 2 is 1.94 bits per heavy atom. The topological polar surface area (TPSA) is 55.0 Å². The van der Waals surface area contributed by atoms with Gasteiger partial charge in [0.05, 0.1) is 5.69 Å². The minimum absolute atomic E-state index is 0.190. The molecule has 0 saturated carbocycles. The molecular weight excluding hydrogens is 224 g/mol. The molecule has 0 radical (unpaired) electrons. The third-order valence-corrected chi connectivity index (χ3v) is 2.98. The summed E-state index contributed by atoms with van der Waals surface area (Å²) >= 11 is 0. The normalized spacial score (nSPS) is 12.6. The van der Waals surface area contributed by atoms with Crippen molar-refractivity contribution in [2.75, 3.05) is 13.6 Å². The fourth-order valence-electron chi connectivity index (χ4n) is 2.01. The lowest BCUT2D eigenvalue weighted by molar-refractivity contribution is 0.239. The summed E-state index contributed by atoms with van der Waals surface area (Å²) in [5.41, 5.74) is 8.11. The van der Waals surface area contributed by atoms with Crippen LogP contribution in [0.5, 0.6) is 0 Å². The molecule has 0 amide bonds.